The topological polar surface area (TPSA) is 80.8 Å². The van der Waals surface area contributed by atoms with Crippen LogP contribution in [0, 0.1) is 0 Å². The number of benzene rings is 2. The fourth-order valence-corrected chi connectivity index (χ4v) is 4.14. The van der Waals surface area contributed by atoms with E-state index in [0.717, 1.165) is 17.5 Å². The Hall–Kier alpha value is -3.87. The number of rotatable bonds is 7. The number of hydrogen-bond acceptors (Lipinski definition) is 5. The van der Waals surface area contributed by atoms with Crippen molar-refractivity contribution in [2.75, 3.05) is 19.0 Å². The van der Waals surface area contributed by atoms with E-state index in [1.807, 2.05) is 30.3 Å². The highest BCUT2D eigenvalue weighted by Gasteiger charge is 2.30. The number of amides is 2. The number of ether oxygens (including phenoxy) is 2. The quantitative estimate of drug-likeness (QED) is 0.591. The van der Waals surface area contributed by atoms with Crippen LogP contribution < -0.4 is 14.8 Å². The van der Waals surface area contributed by atoms with E-state index in [0.29, 0.717) is 30.3 Å². The van der Waals surface area contributed by atoms with Crippen molar-refractivity contribution < 1.29 is 19.1 Å². The first-order chi connectivity index (χ1) is 16.0. The Labute approximate surface area is 193 Å². The summed E-state index contributed by atoms with van der Waals surface area (Å²) < 4.78 is 11.3. The predicted octanol–water partition coefficient (Wildman–Crippen LogP) is 4.14. The van der Waals surface area contributed by atoms with Gasteiger partial charge >= 0.3 is 0 Å². The molecule has 1 aromatic heterocycles. The molecule has 0 saturated heterocycles. The van der Waals surface area contributed by atoms with E-state index >= 15 is 0 Å². The van der Waals surface area contributed by atoms with Crippen LogP contribution in [0.25, 0.3) is 0 Å². The van der Waals surface area contributed by atoms with Gasteiger partial charge in [0.05, 0.1) is 19.6 Å². The molecule has 0 radical (unpaired) electrons. The van der Waals surface area contributed by atoms with Crippen LogP contribution in [0.5, 0.6) is 11.5 Å². The van der Waals surface area contributed by atoms with Crippen LogP contribution in [0.3, 0.4) is 0 Å². The number of carbonyl (C=O) groups is 2. The molecule has 2 amide bonds. The van der Waals surface area contributed by atoms with Gasteiger partial charge in [0.15, 0.2) is 11.5 Å². The summed E-state index contributed by atoms with van der Waals surface area (Å²) in [5.41, 5.74) is 3.79. The lowest BCUT2D eigenvalue weighted by atomic mass is 9.90. The third-order valence-corrected chi connectivity index (χ3v) is 5.79. The molecule has 1 aliphatic rings. The molecule has 0 fully saturated rings. The molecule has 170 valence electrons. The van der Waals surface area contributed by atoms with E-state index in [4.69, 9.17) is 9.47 Å². The minimum atomic E-state index is -0.284. The SMILES string of the molecule is COc1ccc(NC(=O)CC2c3ccccc3CCN2C(C)=O)cc1OCc1ccncc1. The average molecular weight is 446 g/mol. The van der Waals surface area contributed by atoms with Crippen molar-refractivity contribution in [3.05, 3.63) is 83.7 Å². The van der Waals surface area contributed by atoms with E-state index in [1.54, 1.807) is 49.5 Å². The second-order valence-electron chi connectivity index (χ2n) is 7.94. The zero-order valence-electron chi connectivity index (χ0n) is 18.8. The standard InChI is InChI=1S/C26H27N3O4/c1-18(30)29-14-11-20-5-3-4-6-22(20)23(29)16-26(31)28-21-7-8-24(32-2)25(15-21)33-17-19-9-12-27-13-10-19/h3-10,12-13,15,23H,11,14,16-17H2,1-2H3,(H,28,31). The predicted molar refractivity (Wildman–Crippen MR) is 125 cm³/mol. The highest BCUT2D eigenvalue weighted by Crippen LogP contribution is 2.34. The maximum atomic E-state index is 13.0. The van der Waals surface area contributed by atoms with Gasteiger partial charge in [0.25, 0.3) is 0 Å². The Balaban J connectivity index is 1.48. The van der Waals surface area contributed by atoms with Gasteiger partial charge in [-0.05, 0) is 47.4 Å². The number of methoxy groups -OCH3 is 1. The lowest BCUT2D eigenvalue weighted by Gasteiger charge is -2.36. The molecule has 2 heterocycles. The number of nitrogens with zero attached hydrogens (tertiary/aromatic N) is 2. The molecule has 7 nitrogen and oxygen atoms in total. The Kier molecular flexibility index (Phi) is 6.88. The van der Waals surface area contributed by atoms with E-state index in [-0.39, 0.29) is 24.3 Å². The smallest absolute Gasteiger partial charge is 0.226 e. The molecule has 7 heteroatoms. The third kappa shape index (κ3) is 5.31. The molecule has 3 aromatic rings. The number of pyridine rings is 1. The summed E-state index contributed by atoms with van der Waals surface area (Å²) in [5, 5.41) is 2.95. The average Bonchev–Trinajstić information content (AvgIpc) is 2.83. The number of carbonyl (C=O) groups excluding carboxylic acids is 2. The van der Waals surface area contributed by atoms with Crippen molar-refractivity contribution in [3.8, 4) is 11.5 Å². The summed E-state index contributed by atoms with van der Waals surface area (Å²) >= 11 is 0. The molecule has 2 aromatic carbocycles. The van der Waals surface area contributed by atoms with Gasteiger partial charge in [0.2, 0.25) is 11.8 Å². The molecule has 1 N–H and O–H groups in total. The molecular weight excluding hydrogens is 418 g/mol. The van der Waals surface area contributed by atoms with Crippen molar-refractivity contribution in [2.24, 2.45) is 0 Å². The van der Waals surface area contributed by atoms with E-state index in [2.05, 4.69) is 16.4 Å². The van der Waals surface area contributed by atoms with Gasteiger partial charge in [-0.3, -0.25) is 14.6 Å². The molecule has 0 bridgehead atoms. The largest absolute Gasteiger partial charge is 0.493 e. The minimum Gasteiger partial charge on any atom is -0.493 e. The summed E-state index contributed by atoms with van der Waals surface area (Å²) in [4.78, 5) is 31.0. The zero-order valence-corrected chi connectivity index (χ0v) is 18.8. The van der Waals surface area contributed by atoms with E-state index in [9.17, 15) is 9.59 Å². The molecule has 1 unspecified atom stereocenters. The lowest BCUT2D eigenvalue weighted by Crippen LogP contribution is -2.40. The number of aromatic nitrogens is 1. The van der Waals surface area contributed by atoms with Crippen LogP contribution in [-0.2, 0) is 22.6 Å². The second kappa shape index (κ2) is 10.2. The first-order valence-electron chi connectivity index (χ1n) is 10.9. The van der Waals surface area contributed by atoms with Gasteiger partial charge in [-0.15, -0.1) is 0 Å². The molecule has 0 spiro atoms. The van der Waals surface area contributed by atoms with Crippen LogP contribution in [0.4, 0.5) is 5.69 Å². The van der Waals surface area contributed by atoms with Crippen molar-refractivity contribution in [2.45, 2.75) is 32.4 Å². The summed E-state index contributed by atoms with van der Waals surface area (Å²) in [6.45, 7) is 2.51. The monoisotopic (exact) mass is 445 g/mol. The molecule has 1 atom stereocenters. The number of fused-ring (bicyclic) bond motifs is 1. The second-order valence-corrected chi connectivity index (χ2v) is 7.94. The van der Waals surface area contributed by atoms with Crippen molar-refractivity contribution in [3.63, 3.8) is 0 Å². The van der Waals surface area contributed by atoms with Gasteiger partial charge in [0, 0.05) is 37.6 Å². The Bertz CT molecular complexity index is 1130. The van der Waals surface area contributed by atoms with Crippen molar-refractivity contribution >= 4 is 17.5 Å². The van der Waals surface area contributed by atoms with Gasteiger partial charge < -0.3 is 19.7 Å². The van der Waals surface area contributed by atoms with Crippen LogP contribution in [0.2, 0.25) is 0 Å². The summed E-state index contributed by atoms with van der Waals surface area (Å²) in [6, 6.07) is 16.7. The summed E-state index contributed by atoms with van der Waals surface area (Å²) in [5.74, 6) is 0.901. The molecule has 4 rings (SSSR count). The number of hydrogen-bond donors (Lipinski definition) is 1. The van der Waals surface area contributed by atoms with Crippen LogP contribution >= 0.6 is 0 Å². The van der Waals surface area contributed by atoms with Crippen molar-refractivity contribution in [1.82, 2.24) is 9.88 Å². The van der Waals surface area contributed by atoms with Crippen molar-refractivity contribution in [1.29, 1.82) is 0 Å². The van der Waals surface area contributed by atoms with E-state index < -0.39 is 0 Å². The molecule has 0 saturated carbocycles. The molecular formula is C26H27N3O4. The van der Waals surface area contributed by atoms with Gasteiger partial charge in [-0.2, -0.15) is 0 Å². The fraction of sp³-hybridized carbons (Fsp3) is 0.269. The first kappa shape index (κ1) is 22.3. The minimum absolute atomic E-state index is 0.0291. The molecule has 33 heavy (non-hydrogen) atoms. The maximum Gasteiger partial charge on any atom is 0.226 e. The third-order valence-electron chi connectivity index (χ3n) is 5.79. The number of anilines is 1. The van der Waals surface area contributed by atoms with Crippen LogP contribution in [0.15, 0.2) is 67.0 Å². The highest BCUT2D eigenvalue weighted by atomic mass is 16.5. The Morgan fingerprint density at radius 2 is 1.88 bits per heavy atom. The molecule has 0 aliphatic carbocycles. The normalized spacial score (nSPS) is 14.8. The fourth-order valence-electron chi connectivity index (χ4n) is 4.14. The zero-order chi connectivity index (χ0) is 23.2. The number of nitrogens with one attached hydrogen (secondary N) is 1. The maximum absolute atomic E-state index is 13.0. The summed E-state index contributed by atoms with van der Waals surface area (Å²) in [7, 11) is 1.57. The first-order valence-corrected chi connectivity index (χ1v) is 10.9. The van der Waals surface area contributed by atoms with Gasteiger partial charge in [-0.25, -0.2) is 0 Å². The van der Waals surface area contributed by atoms with E-state index in [1.165, 1.54) is 5.56 Å². The summed E-state index contributed by atoms with van der Waals surface area (Å²) in [6.07, 6.45) is 4.39. The van der Waals surface area contributed by atoms with Crippen LogP contribution in [0.1, 0.15) is 36.1 Å². The molecule has 1 aliphatic heterocycles. The Morgan fingerprint density at radius 1 is 1.09 bits per heavy atom. The van der Waals surface area contributed by atoms with Gasteiger partial charge in [0.1, 0.15) is 6.61 Å². The van der Waals surface area contributed by atoms with Crippen LogP contribution in [-0.4, -0.2) is 35.4 Å². The van der Waals surface area contributed by atoms with Gasteiger partial charge in [-0.1, -0.05) is 24.3 Å². The highest BCUT2D eigenvalue weighted by molar-refractivity contribution is 5.92. The lowest BCUT2D eigenvalue weighted by molar-refractivity contribution is -0.132. The Morgan fingerprint density at radius 3 is 2.64 bits per heavy atom.